The van der Waals surface area contributed by atoms with Gasteiger partial charge in [-0.3, -0.25) is 19.3 Å². The van der Waals surface area contributed by atoms with Gasteiger partial charge >= 0.3 is 0 Å². The fourth-order valence-electron chi connectivity index (χ4n) is 2.66. The molecule has 32 heavy (non-hydrogen) atoms. The van der Waals surface area contributed by atoms with Crippen molar-refractivity contribution in [3.63, 3.8) is 0 Å². The lowest BCUT2D eigenvalue weighted by molar-refractivity contribution is -0.902. The van der Waals surface area contributed by atoms with Gasteiger partial charge in [0.05, 0.1) is 56.9 Å². The lowest BCUT2D eigenvalue weighted by atomic mass is 10.2. The van der Waals surface area contributed by atoms with Gasteiger partial charge < -0.3 is 17.3 Å². The van der Waals surface area contributed by atoms with Gasteiger partial charge in [-0.2, -0.15) is 16.8 Å². The molecule has 12 heteroatoms. The molecule has 0 fully saturated rings. The minimum absolute atomic E-state index is 0. The molecule has 0 spiro atoms. The van der Waals surface area contributed by atoms with Crippen molar-refractivity contribution >= 4 is 34.4 Å². The number of hydrogen-bond acceptors (Lipinski definition) is 7. The molecule has 2 aromatic carbocycles. The van der Waals surface area contributed by atoms with E-state index in [-0.39, 0.29) is 23.1 Å². The molecule has 0 atom stereocenters. The van der Waals surface area contributed by atoms with E-state index in [0.29, 0.717) is 20.6 Å². The Morgan fingerprint density at radius 3 is 1.94 bits per heavy atom. The first-order valence-corrected chi connectivity index (χ1v) is 10.2. The molecule has 0 amide bonds. The second-order valence-electron chi connectivity index (χ2n) is 8.60. The Morgan fingerprint density at radius 1 is 0.969 bits per heavy atom. The normalized spacial score (nSPS) is 12.0. The van der Waals surface area contributed by atoms with Crippen LogP contribution >= 0.6 is 11.6 Å². The van der Waals surface area contributed by atoms with E-state index in [0.717, 1.165) is 31.9 Å². The van der Waals surface area contributed by atoms with Crippen LogP contribution in [0.1, 0.15) is 0 Å². The van der Waals surface area contributed by atoms with E-state index in [1.165, 1.54) is 18.2 Å². The molecule has 2 rings (SSSR count). The molecule has 0 unspecified atom stereocenters. The van der Waals surface area contributed by atoms with Crippen LogP contribution in [0.4, 0.5) is 22.7 Å². The maximum Gasteiger partial charge on any atom is 0.271 e. The second kappa shape index (κ2) is 11.5. The smallest absolute Gasteiger partial charge is 0.271 e. The van der Waals surface area contributed by atoms with E-state index in [1.807, 2.05) is 52.5 Å². The third kappa shape index (κ3) is 9.43. The third-order valence-corrected chi connectivity index (χ3v) is 4.83. The number of anilines is 1. The van der Waals surface area contributed by atoms with Crippen molar-refractivity contribution in [1.29, 1.82) is 0 Å². The molecule has 0 bridgehead atoms. The van der Waals surface area contributed by atoms with Gasteiger partial charge in [-0.1, -0.05) is 11.6 Å². The van der Waals surface area contributed by atoms with Crippen molar-refractivity contribution in [1.82, 2.24) is 0 Å². The number of halogens is 2. The van der Waals surface area contributed by atoms with Crippen LogP contribution in [0.3, 0.4) is 0 Å². The summed E-state index contributed by atoms with van der Waals surface area (Å²) in [5, 5.41) is 19.3. The first kappa shape index (κ1) is 27.7. The maximum atomic E-state index is 10.8. The van der Waals surface area contributed by atoms with E-state index in [9.17, 15) is 10.1 Å². The first-order valence-electron chi connectivity index (χ1n) is 9.78. The fraction of sp³-hybridized carbons (Fsp3) is 0.400. The Kier molecular flexibility index (Phi) is 9.96. The first-order chi connectivity index (χ1) is 14.3. The van der Waals surface area contributed by atoms with Gasteiger partial charge in [0.25, 0.3) is 5.69 Å². The molecule has 0 saturated heterocycles. The number of nitrogens with zero attached hydrogens (tertiary/aromatic N) is 6. The molecule has 2 aromatic rings. The van der Waals surface area contributed by atoms with Crippen molar-refractivity contribution in [3.8, 4) is 0 Å². The highest BCUT2D eigenvalue weighted by atomic mass is 35.5. The zero-order chi connectivity index (χ0) is 23.2. The van der Waals surface area contributed by atoms with Crippen LogP contribution in [0, 0.1) is 10.1 Å². The standard InChI is InChI=1S/C20H31ClN8O2.ClH/c1-28(2,22)13-11-26(12-14-29(3,4)23)17-7-5-16(6-8-17)24-25-20-10-9-18(27(30)31)15-19(20)21;/h5-10,15H,11-14,22-23H2,1-4H3;1H/q+2;/p-1. The van der Waals surface area contributed by atoms with Crippen molar-refractivity contribution in [2.24, 2.45) is 21.9 Å². The van der Waals surface area contributed by atoms with Crippen LogP contribution in [-0.2, 0) is 0 Å². The molecule has 176 valence electrons. The maximum absolute atomic E-state index is 10.8. The summed E-state index contributed by atoms with van der Waals surface area (Å²) in [5.74, 6) is 12.2. The highest BCUT2D eigenvalue weighted by Crippen LogP contribution is 2.30. The van der Waals surface area contributed by atoms with Crippen LogP contribution in [0.15, 0.2) is 52.7 Å². The number of nitro benzene ring substituents is 1. The van der Waals surface area contributed by atoms with Gasteiger partial charge in [0.15, 0.2) is 0 Å². The topological polar surface area (TPSA) is 123 Å². The van der Waals surface area contributed by atoms with Gasteiger partial charge in [-0.25, -0.2) is 0 Å². The average Bonchev–Trinajstić information content (AvgIpc) is 2.66. The number of azo groups is 1. The zero-order valence-electron chi connectivity index (χ0n) is 18.8. The summed E-state index contributed by atoms with van der Waals surface area (Å²) in [4.78, 5) is 12.5. The molecule has 10 nitrogen and oxygen atoms in total. The van der Waals surface area contributed by atoms with Crippen molar-refractivity contribution in [2.75, 3.05) is 59.3 Å². The van der Waals surface area contributed by atoms with Gasteiger partial charge in [-0.15, -0.1) is 5.11 Å². The van der Waals surface area contributed by atoms with Crippen LogP contribution < -0.4 is 29.0 Å². The number of likely N-dealkylation sites (N-methyl/N-ethyl adjacent to an activating group) is 2. The molecule has 0 aliphatic rings. The van der Waals surface area contributed by atoms with Gasteiger partial charge in [0, 0.05) is 17.8 Å². The van der Waals surface area contributed by atoms with Crippen LogP contribution in [0.25, 0.3) is 0 Å². The van der Waals surface area contributed by atoms with E-state index >= 15 is 0 Å². The lowest BCUT2D eigenvalue weighted by Crippen LogP contribution is -3.00. The van der Waals surface area contributed by atoms with Gasteiger partial charge in [0.2, 0.25) is 0 Å². The SMILES string of the molecule is C[N+](C)(N)CCN(CC[N+](C)(C)N)c1ccc(N=Nc2ccc([N+](=O)[O-])cc2Cl)cc1.[Cl-]. The number of quaternary nitrogens is 2. The molecule has 0 saturated carbocycles. The summed E-state index contributed by atoms with van der Waals surface area (Å²) in [6, 6.07) is 11.7. The zero-order valence-corrected chi connectivity index (χ0v) is 20.3. The lowest BCUT2D eigenvalue weighted by Gasteiger charge is -2.31. The highest BCUT2D eigenvalue weighted by Gasteiger charge is 2.17. The number of rotatable bonds is 10. The van der Waals surface area contributed by atoms with Crippen LogP contribution in [0.2, 0.25) is 5.02 Å². The third-order valence-electron chi connectivity index (χ3n) is 4.52. The number of nitro groups is 1. The minimum Gasteiger partial charge on any atom is -1.00 e. The Balaban J connectivity index is 0.00000512. The second-order valence-corrected chi connectivity index (χ2v) is 9.01. The number of hydrogen-bond donors (Lipinski definition) is 2. The Morgan fingerprint density at radius 2 is 1.50 bits per heavy atom. The van der Waals surface area contributed by atoms with Gasteiger partial charge in [-0.05, 0) is 30.3 Å². The fourth-order valence-corrected chi connectivity index (χ4v) is 2.87. The summed E-state index contributed by atoms with van der Waals surface area (Å²) in [6.07, 6.45) is 0. The molecule has 0 aromatic heterocycles. The predicted octanol–water partition coefficient (Wildman–Crippen LogP) is 0.374. The molecular formula is C20H31Cl2N8O2+. The summed E-state index contributed by atoms with van der Waals surface area (Å²) >= 11 is 6.06. The van der Waals surface area contributed by atoms with E-state index in [2.05, 4.69) is 15.1 Å². The minimum atomic E-state index is -0.507. The molecule has 0 aliphatic heterocycles. The average molecular weight is 486 g/mol. The number of benzene rings is 2. The van der Waals surface area contributed by atoms with Crippen molar-refractivity contribution in [3.05, 3.63) is 57.6 Å². The van der Waals surface area contributed by atoms with Crippen LogP contribution in [0.5, 0.6) is 0 Å². The van der Waals surface area contributed by atoms with E-state index in [4.69, 9.17) is 23.3 Å². The molecule has 0 heterocycles. The Bertz CT molecular complexity index is 907. The van der Waals surface area contributed by atoms with E-state index in [1.54, 1.807) is 0 Å². The van der Waals surface area contributed by atoms with E-state index < -0.39 is 4.92 Å². The quantitative estimate of drug-likeness (QED) is 0.165. The number of non-ortho nitro benzene ring substituents is 1. The summed E-state index contributed by atoms with van der Waals surface area (Å²) in [6.45, 7) is 3.11. The summed E-state index contributed by atoms with van der Waals surface area (Å²) in [7, 11) is 7.81. The number of nitrogens with two attached hydrogens (primary N) is 2. The Labute approximate surface area is 199 Å². The highest BCUT2D eigenvalue weighted by molar-refractivity contribution is 6.33. The predicted molar refractivity (Wildman–Crippen MR) is 123 cm³/mol. The largest absolute Gasteiger partial charge is 1.00 e. The molecule has 0 radical (unpaired) electrons. The monoisotopic (exact) mass is 485 g/mol. The molecule has 0 aliphatic carbocycles. The summed E-state index contributed by atoms with van der Waals surface area (Å²) < 4.78 is 0.749. The van der Waals surface area contributed by atoms with Crippen molar-refractivity contribution < 1.29 is 26.5 Å². The van der Waals surface area contributed by atoms with Crippen LogP contribution in [-0.4, -0.2) is 68.5 Å². The summed E-state index contributed by atoms with van der Waals surface area (Å²) in [5.41, 5.74) is 1.95. The van der Waals surface area contributed by atoms with Gasteiger partial charge in [0.1, 0.15) is 18.8 Å². The van der Waals surface area contributed by atoms with Crippen molar-refractivity contribution in [2.45, 2.75) is 0 Å². The Hall–Kier alpha value is -2.34. The molecule has 4 N–H and O–H groups in total. The molecular weight excluding hydrogens is 455 g/mol.